The standard InChI is InChI=1S/C20H24F3N3O2.ClH/c1-2-27-19-11-15(3-4-18(19)28-14-20(21,22)23)13-26-10-9-25-12-17(26)16-5-7-24-8-6-16;/h3-8,11,17,25H,2,9-10,12-14H2,1H3;1H. The van der Waals surface area contributed by atoms with Gasteiger partial charge in [0.1, 0.15) is 0 Å². The van der Waals surface area contributed by atoms with Crippen molar-refractivity contribution >= 4 is 12.4 Å². The van der Waals surface area contributed by atoms with E-state index < -0.39 is 12.8 Å². The molecule has 1 saturated heterocycles. The molecule has 1 fully saturated rings. The molecule has 1 atom stereocenters. The number of alkyl halides is 3. The molecule has 5 nitrogen and oxygen atoms in total. The number of nitrogens with zero attached hydrogens (tertiary/aromatic N) is 2. The van der Waals surface area contributed by atoms with Gasteiger partial charge in [-0.2, -0.15) is 13.2 Å². The molecular formula is C20H25ClF3N3O2. The summed E-state index contributed by atoms with van der Waals surface area (Å²) in [5, 5.41) is 3.41. The van der Waals surface area contributed by atoms with Gasteiger partial charge >= 0.3 is 6.18 Å². The van der Waals surface area contributed by atoms with E-state index in [1.54, 1.807) is 37.5 Å². The molecule has 1 unspecified atom stereocenters. The van der Waals surface area contributed by atoms with Crippen LogP contribution in [0.25, 0.3) is 0 Å². The van der Waals surface area contributed by atoms with Crippen LogP contribution in [0.3, 0.4) is 0 Å². The van der Waals surface area contributed by atoms with Crippen molar-refractivity contribution < 1.29 is 22.6 Å². The number of halogens is 4. The summed E-state index contributed by atoms with van der Waals surface area (Å²) in [6.07, 6.45) is -0.828. The van der Waals surface area contributed by atoms with Crippen LogP contribution in [-0.2, 0) is 6.54 Å². The minimum atomic E-state index is -4.39. The second-order valence-corrected chi connectivity index (χ2v) is 6.59. The number of benzene rings is 1. The van der Waals surface area contributed by atoms with Gasteiger partial charge in [0.15, 0.2) is 18.1 Å². The molecule has 3 rings (SSSR count). The molecule has 2 heterocycles. The third-order valence-corrected chi connectivity index (χ3v) is 4.53. The quantitative estimate of drug-likeness (QED) is 0.718. The Morgan fingerprint density at radius 2 is 1.90 bits per heavy atom. The van der Waals surface area contributed by atoms with Crippen molar-refractivity contribution in [1.82, 2.24) is 15.2 Å². The summed E-state index contributed by atoms with van der Waals surface area (Å²) in [6.45, 7) is 4.03. The summed E-state index contributed by atoms with van der Waals surface area (Å²) >= 11 is 0. The highest BCUT2D eigenvalue weighted by atomic mass is 35.5. The van der Waals surface area contributed by atoms with Crippen molar-refractivity contribution in [2.45, 2.75) is 25.7 Å². The van der Waals surface area contributed by atoms with E-state index in [2.05, 4.69) is 15.2 Å². The largest absolute Gasteiger partial charge is 0.490 e. The Bertz CT molecular complexity index is 762. The van der Waals surface area contributed by atoms with E-state index in [4.69, 9.17) is 9.47 Å². The zero-order valence-corrected chi connectivity index (χ0v) is 16.9. The van der Waals surface area contributed by atoms with Crippen LogP contribution in [0, 0.1) is 0 Å². The van der Waals surface area contributed by atoms with Crippen molar-refractivity contribution in [2.24, 2.45) is 0 Å². The minimum Gasteiger partial charge on any atom is -0.490 e. The Morgan fingerprint density at radius 1 is 1.14 bits per heavy atom. The molecule has 160 valence electrons. The van der Waals surface area contributed by atoms with Crippen molar-refractivity contribution in [2.75, 3.05) is 32.8 Å². The summed E-state index contributed by atoms with van der Waals surface area (Å²) < 4.78 is 47.8. The molecule has 1 N–H and O–H groups in total. The summed E-state index contributed by atoms with van der Waals surface area (Å²) in [5.41, 5.74) is 2.14. The monoisotopic (exact) mass is 431 g/mol. The fourth-order valence-corrected chi connectivity index (χ4v) is 3.28. The van der Waals surface area contributed by atoms with E-state index in [0.717, 1.165) is 25.2 Å². The van der Waals surface area contributed by atoms with E-state index in [1.165, 1.54) is 5.56 Å². The number of aromatic nitrogens is 1. The maximum Gasteiger partial charge on any atom is 0.422 e. The van der Waals surface area contributed by atoms with Crippen molar-refractivity contribution in [3.8, 4) is 11.5 Å². The highest BCUT2D eigenvalue weighted by Gasteiger charge is 2.29. The fraction of sp³-hybridized carbons (Fsp3) is 0.450. The molecule has 2 aromatic rings. The molecule has 0 saturated carbocycles. The van der Waals surface area contributed by atoms with E-state index in [-0.39, 0.29) is 24.2 Å². The van der Waals surface area contributed by atoms with Crippen LogP contribution in [0.4, 0.5) is 13.2 Å². The van der Waals surface area contributed by atoms with Gasteiger partial charge in [-0.25, -0.2) is 0 Å². The second-order valence-electron chi connectivity index (χ2n) is 6.59. The van der Waals surface area contributed by atoms with E-state index in [0.29, 0.717) is 18.9 Å². The lowest BCUT2D eigenvalue weighted by Crippen LogP contribution is -2.45. The molecule has 9 heteroatoms. The molecule has 1 aromatic carbocycles. The zero-order chi connectivity index (χ0) is 20.0. The van der Waals surface area contributed by atoms with Crippen molar-refractivity contribution in [1.29, 1.82) is 0 Å². The molecule has 1 aliphatic heterocycles. The first kappa shape index (κ1) is 23.3. The third-order valence-electron chi connectivity index (χ3n) is 4.53. The molecule has 0 spiro atoms. The zero-order valence-electron chi connectivity index (χ0n) is 16.1. The van der Waals surface area contributed by atoms with Gasteiger partial charge in [0.05, 0.1) is 6.61 Å². The van der Waals surface area contributed by atoms with Crippen LogP contribution in [0.2, 0.25) is 0 Å². The lowest BCUT2D eigenvalue weighted by atomic mass is 10.0. The summed E-state index contributed by atoms with van der Waals surface area (Å²) in [5.74, 6) is 0.439. The van der Waals surface area contributed by atoms with Gasteiger partial charge < -0.3 is 14.8 Å². The van der Waals surface area contributed by atoms with Gasteiger partial charge in [0.2, 0.25) is 0 Å². The number of piperazine rings is 1. The molecule has 1 aromatic heterocycles. The van der Waals surface area contributed by atoms with Crippen LogP contribution in [0.1, 0.15) is 24.1 Å². The van der Waals surface area contributed by atoms with Crippen LogP contribution >= 0.6 is 12.4 Å². The number of nitrogens with one attached hydrogen (secondary N) is 1. The van der Waals surface area contributed by atoms with Crippen LogP contribution in [0.5, 0.6) is 11.5 Å². The van der Waals surface area contributed by atoms with Gasteiger partial charge in [-0.1, -0.05) is 6.07 Å². The SMILES string of the molecule is CCOc1cc(CN2CCNCC2c2ccncc2)ccc1OCC(F)(F)F.Cl. The molecule has 0 radical (unpaired) electrons. The number of pyridine rings is 1. The van der Waals surface area contributed by atoms with Crippen molar-refractivity contribution in [3.05, 3.63) is 53.9 Å². The predicted molar refractivity (Wildman–Crippen MR) is 107 cm³/mol. The molecule has 29 heavy (non-hydrogen) atoms. The average molecular weight is 432 g/mol. The number of ether oxygens (including phenoxy) is 2. The molecular weight excluding hydrogens is 407 g/mol. The Morgan fingerprint density at radius 3 is 2.59 bits per heavy atom. The van der Waals surface area contributed by atoms with Crippen molar-refractivity contribution in [3.63, 3.8) is 0 Å². The normalized spacial score (nSPS) is 17.4. The Kier molecular flexibility index (Phi) is 8.55. The molecule has 0 bridgehead atoms. The third kappa shape index (κ3) is 6.76. The van der Waals surface area contributed by atoms with Crippen LogP contribution in [0.15, 0.2) is 42.7 Å². The Balaban J connectivity index is 0.00000300. The molecule has 0 amide bonds. The predicted octanol–water partition coefficient (Wildman–Crippen LogP) is 3.99. The average Bonchev–Trinajstić information content (AvgIpc) is 2.68. The Labute approximate surface area is 174 Å². The second kappa shape index (κ2) is 10.7. The fourth-order valence-electron chi connectivity index (χ4n) is 3.28. The first-order valence-corrected chi connectivity index (χ1v) is 9.26. The number of hydrogen-bond donors (Lipinski definition) is 1. The van der Waals surface area contributed by atoms with E-state index in [9.17, 15) is 13.2 Å². The lowest BCUT2D eigenvalue weighted by molar-refractivity contribution is -0.153. The smallest absolute Gasteiger partial charge is 0.422 e. The highest BCUT2D eigenvalue weighted by Crippen LogP contribution is 2.32. The maximum absolute atomic E-state index is 12.5. The first-order valence-electron chi connectivity index (χ1n) is 9.26. The van der Waals surface area contributed by atoms with Gasteiger partial charge in [0, 0.05) is 44.6 Å². The topological polar surface area (TPSA) is 46.6 Å². The Hall–Kier alpha value is -2.03. The van der Waals surface area contributed by atoms with Gasteiger partial charge in [-0.3, -0.25) is 9.88 Å². The lowest BCUT2D eigenvalue weighted by Gasteiger charge is -2.36. The van der Waals surface area contributed by atoms with Crippen LogP contribution in [-0.4, -0.2) is 48.9 Å². The summed E-state index contributed by atoms with van der Waals surface area (Å²) in [6, 6.07) is 9.32. The number of rotatable bonds is 7. The van der Waals surface area contributed by atoms with Gasteiger partial charge in [-0.05, 0) is 42.3 Å². The van der Waals surface area contributed by atoms with E-state index >= 15 is 0 Å². The molecule has 0 aliphatic carbocycles. The first-order chi connectivity index (χ1) is 13.5. The van der Waals surface area contributed by atoms with Gasteiger partial charge in [-0.15, -0.1) is 12.4 Å². The van der Waals surface area contributed by atoms with Gasteiger partial charge in [0.25, 0.3) is 0 Å². The molecule has 1 aliphatic rings. The number of hydrogen-bond acceptors (Lipinski definition) is 5. The highest BCUT2D eigenvalue weighted by molar-refractivity contribution is 5.85. The van der Waals surface area contributed by atoms with Crippen LogP contribution < -0.4 is 14.8 Å². The minimum absolute atomic E-state index is 0. The van der Waals surface area contributed by atoms with E-state index in [1.807, 2.05) is 12.1 Å². The summed E-state index contributed by atoms with van der Waals surface area (Å²) in [7, 11) is 0. The summed E-state index contributed by atoms with van der Waals surface area (Å²) in [4.78, 5) is 6.42. The maximum atomic E-state index is 12.5.